The van der Waals surface area contributed by atoms with Crippen molar-refractivity contribution in [3.05, 3.63) is 82.1 Å². The van der Waals surface area contributed by atoms with E-state index in [2.05, 4.69) is 4.98 Å². The normalized spacial score (nSPS) is 11.6. The molecular weight excluding hydrogens is 400 g/mol. The molecule has 0 amide bonds. The average Bonchev–Trinajstić information content (AvgIpc) is 2.67. The Balaban J connectivity index is 1.87. The van der Waals surface area contributed by atoms with Gasteiger partial charge in [-0.3, -0.25) is 9.78 Å². The van der Waals surface area contributed by atoms with Crippen molar-refractivity contribution in [1.29, 1.82) is 0 Å². The van der Waals surface area contributed by atoms with E-state index in [1.807, 2.05) is 18.2 Å². The first kappa shape index (κ1) is 20.0. The van der Waals surface area contributed by atoms with Crippen LogP contribution in [0.4, 0.5) is 4.79 Å². The average molecular weight is 415 g/mol. The Labute approximate surface area is 172 Å². The number of hydrogen-bond donors (Lipinski definition) is 2. The van der Waals surface area contributed by atoms with Crippen LogP contribution in [-0.4, -0.2) is 28.3 Å². The lowest BCUT2D eigenvalue weighted by atomic mass is 9.70. The van der Waals surface area contributed by atoms with Gasteiger partial charge in [0.1, 0.15) is 6.10 Å². The van der Waals surface area contributed by atoms with Gasteiger partial charge in [0.05, 0.1) is 10.0 Å². The number of aromatic nitrogens is 1. The van der Waals surface area contributed by atoms with Gasteiger partial charge in [0.15, 0.2) is 11.5 Å². The largest absolute Gasteiger partial charge is 0.504 e. The summed E-state index contributed by atoms with van der Waals surface area (Å²) in [5.74, 6) is -1.16. The second kappa shape index (κ2) is 9.00. The van der Waals surface area contributed by atoms with Crippen LogP contribution in [0.25, 0.3) is 0 Å². The third-order valence-electron chi connectivity index (χ3n) is 4.06. The van der Waals surface area contributed by atoms with E-state index in [0.29, 0.717) is 26.6 Å². The zero-order valence-corrected chi connectivity index (χ0v) is 16.1. The molecule has 1 atom stereocenters. The third kappa shape index (κ3) is 4.97. The number of carbonyl (C=O) groups excluding carboxylic acids is 1. The van der Waals surface area contributed by atoms with E-state index in [0.717, 1.165) is 0 Å². The molecule has 0 aliphatic carbocycles. The quantitative estimate of drug-likeness (QED) is 0.465. The van der Waals surface area contributed by atoms with Crippen molar-refractivity contribution in [2.24, 2.45) is 0 Å². The lowest BCUT2D eigenvalue weighted by Crippen LogP contribution is -2.26. The molecule has 0 aliphatic rings. The van der Waals surface area contributed by atoms with Crippen molar-refractivity contribution in [2.45, 2.75) is 12.5 Å². The number of pyridine rings is 1. The standard InChI is InChI=1S/C20H15BCl2NO4/c22-15-10-24-11-16(23)14(15)9-19(12-6-7-17(25)18(26)8-12)28-20(27)21-13-4-2-1-3-5-13/h1-8,10-11,19,25-26H,9H2/t19-/m1/s1. The van der Waals surface area contributed by atoms with Gasteiger partial charge in [-0.2, -0.15) is 0 Å². The summed E-state index contributed by atoms with van der Waals surface area (Å²) >= 11 is 12.4. The second-order valence-corrected chi connectivity index (χ2v) is 6.83. The molecule has 5 nitrogen and oxygen atoms in total. The highest BCUT2D eigenvalue weighted by atomic mass is 35.5. The van der Waals surface area contributed by atoms with Crippen molar-refractivity contribution in [3.63, 3.8) is 0 Å². The second-order valence-electron chi connectivity index (χ2n) is 6.01. The summed E-state index contributed by atoms with van der Waals surface area (Å²) in [4.78, 5) is 16.4. The summed E-state index contributed by atoms with van der Waals surface area (Å²) in [6.07, 6.45) is 2.27. The highest BCUT2D eigenvalue weighted by Gasteiger charge is 2.22. The van der Waals surface area contributed by atoms with Crippen molar-refractivity contribution < 1.29 is 19.7 Å². The molecular formula is C20H15BCl2NO4. The number of aromatic hydroxyl groups is 2. The van der Waals surface area contributed by atoms with Gasteiger partial charge < -0.3 is 14.9 Å². The van der Waals surface area contributed by atoms with Crippen LogP contribution in [-0.2, 0) is 11.2 Å². The summed E-state index contributed by atoms with van der Waals surface area (Å²) < 4.78 is 5.62. The van der Waals surface area contributed by atoms with Crippen LogP contribution in [0.1, 0.15) is 17.2 Å². The number of rotatable bonds is 6. The van der Waals surface area contributed by atoms with Crippen molar-refractivity contribution in [3.8, 4) is 11.5 Å². The van der Waals surface area contributed by atoms with Crippen LogP contribution < -0.4 is 5.46 Å². The van der Waals surface area contributed by atoms with Crippen LogP contribution in [0.15, 0.2) is 60.9 Å². The molecule has 3 rings (SSSR count). The molecule has 1 heterocycles. The van der Waals surface area contributed by atoms with Crippen LogP contribution in [0.2, 0.25) is 10.0 Å². The Morgan fingerprint density at radius 2 is 1.71 bits per heavy atom. The SMILES string of the molecule is O=C([B]c1ccccc1)O[C@H](Cc1c(Cl)cncc1Cl)c1ccc(O)c(O)c1. The van der Waals surface area contributed by atoms with E-state index in [9.17, 15) is 15.0 Å². The molecule has 0 bridgehead atoms. The molecule has 0 saturated carbocycles. The Bertz CT molecular complexity index is 965. The maximum Gasteiger partial charge on any atom is 0.299 e. The molecule has 3 aromatic rings. The van der Waals surface area contributed by atoms with E-state index in [1.165, 1.54) is 31.8 Å². The highest BCUT2D eigenvalue weighted by molar-refractivity contribution is 6.82. The molecule has 141 valence electrons. The van der Waals surface area contributed by atoms with E-state index < -0.39 is 12.0 Å². The number of ether oxygens (including phenoxy) is 1. The Morgan fingerprint density at radius 1 is 1.04 bits per heavy atom. The minimum atomic E-state index is -0.795. The van der Waals surface area contributed by atoms with Gasteiger partial charge in [0.2, 0.25) is 0 Å². The Kier molecular flexibility index (Phi) is 6.44. The molecule has 0 aliphatic heterocycles. The molecule has 2 aromatic carbocycles. The predicted octanol–water partition coefficient (Wildman–Crippen LogP) is 4.25. The van der Waals surface area contributed by atoms with Gasteiger partial charge >= 0.3 is 0 Å². The van der Waals surface area contributed by atoms with E-state index >= 15 is 0 Å². The fourth-order valence-corrected chi connectivity index (χ4v) is 3.17. The number of hydrogen-bond acceptors (Lipinski definition) is 5. The van der Waals surface area contributed by atoms with Gasteiger partial charge in [-0.1, -0.05) is 65.1 Å². The smallest absolute Gasteiger partial charge is 0.299 e. The molecule has 0 spiro atoms. The molecule has 1 aromatic heterocycles. The molecule has 8 heteroatoms. The van der Waals surface area contributed by atoms with Crippen molar-refractivity contribution in [1.82, 2.24) is 4.98 Å². The third-order valence-corrected chi connectivity index (χ3v) is 4.71. The minimum Gasteiger partial charge on any atom is -0.504 e. The molecule has 0 fully saturated rings. The molecule has 0 saturated heterocycles. The monoisotopic (exact) mass is 414 g/mol. The Morgan fingerprint density at radius 3 is 2.36 bits per heavy atom. The maximum atomic E-state index is 12.4. The predicted molar refractivity (Wildman–Crippen MR) is 109 cm³/mol. The molecule has 0 unspecified atom stereocenters. The van der Waals surface area contributed by atoms with Crippen molar-refractivity contribution >= 4 is 41.8 Å². The van der Waals surface area contributed by atoms with Gasteiger partial charge in [0.25, 0.3) is 13.1 Å². The van der Waals surface area contributed by atoms with E-state index in [4.69, 9.17) is 27.9 Å². The number of benzene rings is 2. The van der Waals surface area contributed by atoms with E-state index in [1.54, 1.807) is 18.2 Å². The summed E-state index contributed by atoms with van der Waals surface area (Å²) in [7, 11) is 1.36. The van der Waals surface area contributed by atoms with Crippen LogP contribution in [0, 0.1) is 0 Å². The number of halogens is 2. The van der Waals surface area contributed by atoms with Gasteiger partial charge in [0, 0.05) is 18.8 Å². The zero-order chi connectivity index (χ0) is 20.1. The fraction of sp³-hybridized carbons (Fsp3) is 0.100. The van der Waals surface area contributed by atoms with Crippen LogP contribution in [0.5, 0.6) is 11.5 Å². The Hall–Kier alpha value is -2.70. The topological polar surface area (TPSA) is 79.7 Å². The summed E-state index contributed by atoms with van der Waals surface area (Å²) in [5, 5.41) is 20.1. The van der Waals surface area contributed by atoms with E-state index in [-0.39, 0.29) is 17.9 Å². The van der Waals surface area contributed by atoms with Gasteiger partial charge in [-0.15, -0.1) is 0 Å². The first-order valence-electron chi connectivity index (χ1n) is 8.34. The highest BCUT2D eigenvalue weighted by Crippen LogP contribution is 2.34. The summed E-state index contributed by atoms with van der Waals surface area (Å²) in [6.45, 7) is 0. The molecule has 1 radical (unpaired) electrons. The number of phenols is 2. The zero-order valence-electron chi connectivity index (χ0n) is 14.5. The number of carbonyl (C=O) groups is 1. The molecule has 28 heavy (non-hydrogen) atoms. The fourth-order valence-electron chi connectivity index (χ4n) is 2.65. The molecule has 2 N–H and O–H groups in total. The summed E-state index contributed by atoms with van der Waals surface area (Å²) in [6, 6.07) is 13.2. The number of nitrogens with zero attached hydrogens (tertiary/aromatic N) is 1. The van der Waals surface area contributed by atoms with Crippen molar-refractivity contribution in [2.75, 3.05) is 0 Å². The van der Waals surface area contributed by atoms with Gasteiger partial charge in [-0.05, 0) is 23.3 Å². The summed E-state index contributed by atoms with van der Waals surface area (Å²) in [5.41, 5.74) is 1.73. The lowest BCUT2D eigenvalue weighted by molar-refractivity contribution is 0.121. The first-order valence-corrected chi connectivity index (χ1v) is 9.10. The lowest BCUT2D eigenvalue weighted by Gasteiger charge is -2.20. The first-order chi connectivity index (χ1) is 13.4. The minimum absolute atomic E-state index is 0.165. The number of phenolic OH excluding ortho intramolecular Hbond substituents is 2. The maximum absolute atomic E-state index is 12.4. The van der Waals surface area contributed by atoms with Crippen LogP contribution in [0.3, 0.4) is 0 Å². The van der Waals surface area contributed by atoms with Crippen LogP contribution >= 0.6 is 23.2 Å². The van der Waals surface area contributed by atoms with Gasteiger partial charge in [-0.25, -0.2) is 0 Å².